The number of anilines is 3. The van der Waals surface area contributed by atoms with E-state index in [-0.39, 0.29) is 0 Å². The maximum Gasteiger partial charge on any atom is 0.154 e. The van der Waals surface area contributed by atoms with E-state index in [0.717, 1.165) is 6.54 Å². The Labute approximate surface area is 89.2 Å². The Kier molecular flexibility index (Phi) is 4.62. The number of ether oxygens (including phenoxy) is 1. The lowest BCUT2D eigenvalue weighted by Gasteiger charge is -2.10. The lowest BCUT2D eigenvalue weighted by atomic mass is 10.4. The summed E-state index contributed by atoms with van der Waals surface area (Å²) in [6.45, 7) is 4.04. The number of aromatic nitrogens is 2. The molecule has 0 bridgehead atoms. The highest BCUT2D eigenvalue weighted by atomic mass is 16.5. The molecule has 0 spiro atoms. The first kappa shape index (κ1) is 11.5. The quantitative estimate of drug-likeness (QED) is 0.596. The molecule has 15 heavy (non-hydrogen) atoms. The number of nitrogens with two attached hydrogens (primary N) is 1. The number of rotatable bonds is 6. The third-order valence-corrected chi connectivity index (χ3v) is 1.83. The minimum Gasteiger partial charge on any atom is -0.393 e. The smallest absolute Gasteiger partial charge is 0.154 e. The Balaban J connectivity index is 2.66. The fourth-order valence-corrected chi connectivity index (χ4v) is 1.12. The van der Waals surface area contributed by atoms with Gasteiger partial charge in [0.05, 0.1) is 6.61 Å². The molecule has 6 heteroatoms. The van der Waals surface area contributed by atoms with E-state index in [1.807, 2.05) is 6.92 Å². The molecule has 4 N–H and O–H groups in total. The second-order valence-electron chi connectivity index (χ2n) is 2.93. The van der Waals surface area contributed by atoms with E-state index in [1.54, 1.807) is 7.11 Å². The number of nitrogens with one attached hydrogen (secondary N) is 2. The van der Waals surface area contributed by atoms with Crippen LogP contribution >= 0.6 is 0 Å². The van der Waals surface area contributed by atoms with E-state index in [0.29, 0.717) is 30.5 Å². The van der Waals surface area contributed by atoms with Crippen LogP contribution in [0.5, 0.6) is 0 Å². The number of methoxy groups -OCH3 is 1. The van der Waals surface area contributed by atoms with Gasteiger partial charge in [-0.05, 0) is 6.92 Å². The monoisotopic (exact) mass is 211 g/mol. The van der Waals surface area contributed by atoms with Crippen molar-refractivity contribution in [1.82, 2.24) is 9.97 Å². The van der Waals surface area contributed by atoms with Crippen molar-refractivity contribution in [1.29, 1.82) is 0 Å². The van der Waals surface area contributed by atoms with Crippen LogP contribution < -0.4 is 16.4 Å². The zero-order valence-corrected chi connectivity index (χ0v) is 9.08. The van der Waals surface area contributed by atoms with E-state index in [4.69, 9.17) is 10.5 Å². The normalized spacial score (nSPS) is 10.0. The fraction of sp³-hybridized carbons (Fsp3) is 0.556. The van der Waals surface area contributed by atoms with Gasteiger partial charge in [0.1, 0.15) is 12.0 Å². The number of nitrogens with zero attached hydrogens (tertiary/aromatic N) is 2. The molecule has 0 aliphatic carbocycles. The van der Waals surface area contributed by atoms with Crippen molar-refractivity contribution in [3.63, 3.8) is 0 Å². The van der Waals surface area contributed by atoms with Gasteiger partial charge in [-0.3, -0.25) is 0 Å². The molecule has 84 valence electrons. The highest BCUT2D eigenvalue weighted by molar-refractivity contribution is 5.73. The van der Waals surface area contributed by atoms with Crippen LogP contribution in [-0.4, -0.2) is 36.8 Å². The third-order valence-electron chi connectivity index (χ3n) is 1.83. The highest BCUT2D eigenvalue weighted by Crippen LogP contribution is 2.21. The van der Waals surface area contributed by atoms with Gasteiger partial charge in [-0.2, -0.15) is 0 Å². The first-order valence-electron chi connectivity index (χ1n) is 4.86. The number of hydrogen-bond donors (Lipinski definition) is 3. The van der Waals surface area contributed by atoms with E-state index >= 15 is 0 Å². The molecular formula is C9H17N5O. The minimum absolute atomic E-state index is 0.537. The summed E-state index contributed by atoms with van der Waals surface area (Å²) in [7, 11) is 1.65. The predicted octanol–water partition coefficient (Wildman–Crippen LogP) is 0.549. The summed E-state index contributed by atoms with van der Waals surface area (Å²) in [5.41, 5.74) is 6.40. The fourth-order valence-electron chi connectivity index (χ4n) is 1.12. The maximum absolute atomic E-state index is 5.86. The average molecular weight is 211 g/mol. The minimum atomic E-state index is 0.537. The Morgan fingerprint density at radius 1 is 1.33 bits per heavy atom. The molecule has 6 nitrogen and oxygen atoms in total. The molecule has 0 aromatic carbocycles. The van der Waals surface area contributed by atoms with Gasteiger partial charge in [-0.15, -0.1) is 0 Å². The standard InChI is InChI=1S/C9H17N5O/c1-3-11-8-7(10)9(14-6-13-8)12-4-5-15-2/h6H,3-5,10H2,1-2H3,(H2,11,12,13,14). The lowest BCUT2D eigenvalue weighted by Crippen LogP contribution is -2.13. The summed E-state index contributed by atoms with van der Waals surface area (Å²) >= 11 is 0. The molecule has 0 amide bonds. The second kappa shape index (κ2) is 6.02. The Bertz CT molecular complexity index is 305. The SMILES string of the molecule is CCNc1ncnc(NCCOC)c1N. The summed E-state index contributed by atoms with van der Waals surface area (Å²) in [5, 5.41) is 6.13. The predicted molar refractivity (Wildman–Crippen MR) is 61.0 cm³/mol. The summed E-state index contributed by atoms with van der Waals surface area (Å²) in [6.07, 6.45) is 1.48. The van der Waals surface area contributed by atoms with Crippen molar-refractivity contribution in [2.45, 2.75) is 6.92 Å². The Morgan fingerprint density at radius 2 is 2.00 bits per heavy atom. The van der Waals surface area contributed by atoms with Gasteiger partial charge in [0.2, 0.25) is 0 Å². The summed E-state index contributed by atoms with van der Waals surface area (Å²) in [5.74, 6) is 1.30. The molecule has 1 heterocycles. The summed E-state index contributed by atoms with van der Waals surface area (Å²) < 4.78 is 4.92. The molecule has 1 aromatic heterocycles. The van der Waals surface area contributed by atoms with E-state index in [9.17, 15) is 0 Å². The van der Waals surface area contributed by atoms with Crippen LogP contribution in [0.15, 0.2) is 6.33 Å². The highest BCUT2D eigenvalue weighted by Gasteiger charge is 2.05. The van der Waals surface area contributed by atoms with Crippen LogP contribution in [0.1, 0.15) is 6.92 Å². The molecular weight excluding hydrogens is 194 g/mol. The maximum atomic E-state index is 5.86. The van der Waals surface area contributed by atoms with Gasteiger partial charge in [-0.25, -0.2) is 9.97 Å². The van der Waals surface area contributed by atoms with E-state index in [1.165, 1.54) is 6.33 Å². The molecule has 1 rings (SSSR count). The topological polar surface area (TPSA) is 85.1 Å². The second-order valence-corrected chi connectivity index (χ2v) is 2.93. The van der Waals surface area contributed by atoms with Crippen molar-refractivity contribution in [2.75, 3.05) is 43.2 Å². The number of hydrogen-bond acceptors (Lipinski definition) is 6. The van der Waals surface area contributed by atoms with E-state index < -0.39 is 0 Å². The van der Waals surface area contributed by atoms with Crippen LogP contribution in [0.25, 0.3) is 0 Å². The van der Waals surface area contributed by atoms with Gasteiger partial charge < -0.3 is 21.1 Å². The van der Waals surface area contributed by atoms with Gasteiger partial charge >= 0.3 is 0 Å². The van der Waals surface area contributed by atoms with Crippen LogP contribution in [0, 0.1) is 0 Å². The molecule has 0 aliphatic rings. The third kappa shape index (κ3) is 3.25. The first-order chi connectivity index (χ1) is 7.29. The largest absolute Gasteiger partial charge is 0.393 e. The Morgan fingerprint density at radius 3 is 2.60 bits per heavy atom. The van der Waals surface area contributed by atoms with Crippen LogP contribution in [-0.2, 0) is 4.74 Å². The van der Waals surface area contributed by atoms with Gasteiger partial charge in [0.25, 0.3) is 0 Å². The summed E-state index contributed by atoms with van der Waals surface area (Å²) in [4.78, 5) is 8.09. The zero-order chi connectivity index (χ0) is 11.1. The van der Waals surface area contributed by atoms with Crippen LogP contribution in [0.4, 0.5) is 17.3 Å². The molecule has 0 radical (unpaired) electrons. The van der Waals surface area contributed by atoms with Crippen molar-refractivity contribution in [2.24, 2.45) is 0 Å². The molecule has 0 saturated carbocycles. The molecule has 0 atom stereocenters. The van der Waals surface area contributed by atoms with E-state index in [2.05, 4.69) is 20.6 Å². The van der Waals surface area contributed by atoms with Crippen LogP contribution in [0.2, 0.25) is 0 Å². The van der Waals surface area contributed by atoms with Crippen molar-refractivity contribution in [3.05, 3.63) is 6.33 Å². The molecule has 0 saturated heterocycles. The molecule has 0 aliphatic heterocycles. The molecule has 1 aromatic rings. The van der Waals surface area contributed by atoms with Crippen molar-refractivity contribution < 1.29 is 4.74 Å². The zero-order valence-electron chi connectivity index (χ0n) is 9.08. The Hall–Kier alpha value is -1.56. The lowest BCUT2D eigenvalue weighted by molar-refractivity contribution is 0.210. The summed E-state index contributed by atoms with van der Waals surface area (Å²) in [6, 6.07) is 0. The van der Waals surface area contributed by atoms with Gasteiger partial charge in [0.15, 0.2) is 11.6 Å². The molecule has 0 unspecified atom stereocenters. The van der Waals surface area contributed by atoms with Crippen molar-refractivity contribution >= 4 is 17.3 Å². The number of nitrogen functional groups attached to an aromatic ring is 1. The van der Waals surface area contributed by atoms with Crippen LogP contribution in [0.3, 0.4) is 0 Å². The average Bonchev–Trinajstić information content (AvgIpc) is 2.24. The molecule has 0 fully saturated rings. The van der Waals surface area contributed by atoms with Crippen molar-refractivity contribution in [3.8, 4) is 0 Å². The first-order valence-corrected chi connectivity index (χ1v) is 4.86. The van der Waals surface area contributed by atoms with Gasteiger partial charge in [-0.1, -0.05) is 0 Å². The van der Waals surface area contributed by atoms with Gasteiger partial charge in [0, 0.05) is 20.2 Å².